The normalized spacial score (nSPS) is 19.0. The van der Waals surface area contributed by atoms with E-state index in [0.717, 1.165) is 11.5 Å². The van der Waals surface area contributed by atoms with Gasteiger partial charge in [0.05, 0.1) is 12.1 Å². The van der Waals surface area contributed by atoms with Gasteiger partial charge in [0.2, 0.25) is 0 Å². The minimum Gasteiger partial charge on any atom is -0.486 e. The zero-order chi connectivity index (χ0) is 19.2. The van der Waals surface area contributed by atoms with Gasteiger partial charge >= 0.3 is 0 Å². The van der Waals surface area contributed by atoms with E-state index in [1.807, 2.05) is 35.0 Å². The molecule has 2 heterocycles. The highest BCUT2D eigenvalue weighted by molar-refractivity contribution is 5.92. The third kappa shape index (κ3) is 3.66. The molecule has 1 aromatic carbocycles. The highest BCUT2D eigenvalue weighted by Gasteiger charge is 2.33. The van der Waals surface area contributed by atoms with Crippen LogP contribution in [0.5, 0.6) is 11.5 Å². The lowest BCUT2D eigenvalue weighted by Crippen LogP contribution is -2.42. The number of rotatable bonds is 4. The first-order valence-corrected chi connectivity index (χ1v) is 9.57. The fraction of sp³-hybridized carbons (Fsp3) is 0.524. The predicted octanol–water partition coefficient (Wildman–Crippen LogP) is 3.43. The third-order valence-electron chi connectivity index (χ3n) is 4.98. The van der Waals surface area contributed by atoms with Crippen molar-refractivity contribution < 1.29 is 14.3 Å². The van der Waals surface area contributed by atoms with Crippen molar-refractivity contribution in [3.63, 3.8) is 0 Å². The second-order valence-electron chi connectivity index (χ2n) is 8.49. The van der Waals surface area contributed by atoms with E-state index in [9.17, 15) is 4.79 Å². The number of aromatic nitrogens is 2. The predicted molar refractivity (Wildman–Crippen MR) is 103 cm³/mol. The fourth-order valence-corrected chi connectivity index (χ4v) is 3.44. The first kappa shape index (κ1) is 17.9. The van der Waals surface area contributed by atoms with Crippen LogP contribution >= 0.6 is 0 Å². The van der Waals surface area contributed by atoms with E-state index in [2.05, 4.69) is 25.9 Å². The SMILES string of the molecule is CN(CC1COc2ccccc2O1)C(=O)c1cc(C2CC2)n(C(C)(C)C)n1. The molecular weight excluding hydrogens is 342 g/mol. The van der Waals surface area contributed by atoms with Crippen LogP contribution in [0.1, 0.15) is 55.7 Å². The molecule has 144 valence electrons. The van der Waals surface area contributed by atoms with Crippen LogP contribution in [0.2, 0.25) is 0 Å². The summed E-state index contributed by atoms with van der Waals surface area (Å²) in [6, 6.07) is 9.57. The summed E-state index contributed by atoms with van der Waals surface area (Å²) in [7, 11) is 1.79. The Labute approximate surface area is 160 Å². The Morgan fingerprint density at radius 1 is 1.26 bits per heavy atom. The zero-order valence-electron chi connectivity index (χ0n) is 16.4. The Morgan fingerprint density at radius 2 is 1.96 bits per heavy atom. The van der Waals surface area contributed by atoms with E-state index in [4.69, 9.17) is 9.47 Å². The second kappa shape index (κ2) is 6.59. The minimum absolute atomic E-state index is 0.0811. The van der Waals surface area contributed by atoms with Crippen molar-refractivity contribution >= 4 is 5.91 Å². The summed E-state index contributed by atoms with van der Waals surface area (Å²) in [4.78, 5) is 14.6. The van der Waals surface area contributed by atoms with Gasteiger partial charge in [-0.05, 0) is 51.8 Å². The van der Waals surface area contributed by atoms with Crippen LogP contribution in [0.15, 0.2) is 30.3 Å². The molecule has 1 fully saturated rings. The molecule has 1 saturated carbocycles. The number of fused-ring (bicyclic) bond motifs is 1. The molecule has 1 unspecified atom stereocenters. The number of likely N-dealkylation sites (N-methyl/N-ethyl adjacent to an activating group) is 1. The molecule has 0 bridgehead atoms. The Hall–Kier alpha value is -2.50. The Bertz CT molecular complexity index is 849. The van der Waals surface area contributed by atoms with E-state index in [1.165, 1.54) is 18.5 Å². The summed E-state index contributed by atoms with van der Waals surface area (Å²) in [6.45, 7) is 7.24. The van der Waals surface area contributed by atoms with Gasteiger partial charge in [0, 0.05) is 18.7 Å². The molecule has 6 nitrogen and oxygen atoms in total. The molecule has 2 aromatic rings. The topological polar surface area (TPSA) is 56.6 Å². The lowest BCUT2D eigenvalue weighted by molar-refractivity contribution is 0.0516. The molecule has 0 N–H and O–H groups in total. The molecule has 0 radical (unpaired) electrons. The van der Waals surface area contributed by atoms with Crippen LogP contribution < -0.4 is 9.47 Å². The van der Waals surface area contributed by atoms with E-state index in [0.29, 0.717) is 24.8 Å². The average Bonchev–Trinajstić information content (AvgIpc) is 3.38. The standard InChI is InChI=1S/C21H27N3O3/c1-21(2,3)24-17(14-9-10-14)11-16(22-24)20(25)23(4)12-15-13-26-18-7-5-6-8-19(18)27-15/h5-8,11,14-15H,9-10,12-13H2,1-4H3. The highest BCUT2D eigenvalue weighted by Crippen LogP contribution is 2.41. The lowest BCUT2D eigenvalue weighted by atomic mass is 10.1. The van der Waals surface area contributed by atoms with Gasteiger partial charge in [-0.3, -0.25) is 9.48 Å². The van der Waals surface area contributed by atoms with E-state index in [1.54, 1.807) is 11.9 Å². The Balaban J connectivity index is 1.47. The van der Waals surface area contributed by atoms with Crippen LogP contribution in [0.25, 0.3) is 0 Å². The van der Waals surface area contributed by atoms with Gasteiger partial charge in [-0.1, -0.05) is 12.1 Å². The number of hydrogen-bond donors (Lipinski definition) is 0. The van der Waals surface area contributed by atoms with Crippen molar-refractivity contribution in [2.75, 3.05) is 20.2 Å². The fourth-order valence-electron chi connectivity index (χ4n) is 3.44. The molecule has 2 aliphatic rings. The van der Waals surface area contributed by atoms with Crippen LogP contribution in [-0.4, -0.2) is 46.9 Å². The number of ether oxygens (including phenoxy) is 2. The van der Waals surface area contributed by atoms with Gasteiger partial charge in [0.15, 0.2) is 23.3 Å². The van der Waals surface area contributed by atoms with Crippen molar-refractivity contribution in [1.29, 1.82) is 0 Å². The zero-order valence-corrected chi connectivity index (χ0v) is 16.4. The molecule has 27 heavy (non-hydrogen) atoms. The molecular formula is C21H27N3O3. The quantitative estimate of drug-likeness (QED) is 0.829. The van der Waals surface area contributed by atoms with Crippen molar-refractivity contribution in [3.05, 3.63) is 41.7 Å². The van der Waals surface area contributed by atoms with E-state index < -0.39 is 0 Å². The van der Waals surface area contributed by atoms with Crippen LogP contribution in [0.4, 0.5) is 0 Å². The first-order valence-electron chi connectivity index (χ1n) is 9.57. The number of nitrogens with zero attached hydrogens (tertiary/aromatic N) is 3. The van der Waals surface area contributed by atoms with Crippen LogP contribution in [0.3, 0.4) is 0 Å². The van der Waals surface area contributed by atoms with Gasteiger partial charge in [0.25, 0.3) is 5.91 Å². The molecule has 6 heteroatoms. The molecule has 1 aliphatic heterocycles. The smallest absolute Gasteiger partial charge is 0.274 e. The maximum atomic E-state index is 13.0. The Morgan fingerprint density at radius 3 is 2.63 bits per heavy atom. The molecule has 1 aliphatic carbocycles. The van der Waals surface area contributed by atoms with E-state index in [-0.39, 0.29) is 17.6 Å². The first-order chi connectivity index (χ1) is 12.8. The largest absolute Gasteiger partial charge is 0.486 e. The van der Waals surface area contributed by atoms with Gasteiger partial charge in [-0.15, -0.1) is 0 Å². The minimum atomic E-state index is -0.193. The number of benzene rings is 1. The van der Waals surface area contributed by atoms with Gasteiger partial charge in [0.1, 0.15) is 6.61 Å². The van der Waals surface area contributed by atoms with Crippen molar-refractivity contribution in [2.24, 2.45) is 0 Å². The number of hydrogen-bond acceptors (Lipinski definition) is 4. The van der Waals surface area contributed by atoms with Gasteiger partial charge in [-0.2, -0.15) is 5.10 Å². The maximum absolute atomic E-state index is 13.0. The summed E-state index contributed by atoms with van der Waals surface area (Å²) in [6.07, 6.45) is 2.16. The molecule has 1 atom stereocenters. The maximum Gasteiger partial charge on any atom is 0.274 e. The number of carbonyl (C=O) groups is 1. The van der Waals surface area contributed by atoms with E-state index >= 15 is 0 Å². The van der Waals surface area contributed by atoms with Crippen molar-refractivity contribution in [3.8, 4) is 11.5 Å². The summed E-state index contributed by atoms with van der Waals surface area (Å²) in [5, 5.41) is 4.65. The molecule has 4 rings (SSSR count). The van der Waals surface area contributed by atoms with Gasteiger partial charge < -0.3 is 14.4 Å². The highest BCUT2D eigenvalue weighted by atomic mass is 16.6. The third-order valence-corrected chi connectivity index (χ3v) is 4.98. The summed E-state index contributed by atoms with van der Waals surface area (Å²) >= 11 is 0. The summed E-state index contributed by atoms with van der Waals surface area (Å²) in [5.41, 5.74) is 1.54. The number of para-hydroxylation sites is 2. The molecule has 0 spiro atoms. The van der Waals surface area contributed by atoms with Crippen molar-refractivity contribution in [1.82, 2.24) is 14.7 Å². The number of carbonyl (C=O) groups excluding carboxylic acids is 1. The van der Waals surface area contributed by atoms with Gasteiger partial charge in [-0.25, -0.2) is 0 Å². The Kier molecular flexibility index (Phi) is 4.36. The molecule has 0 saturated heterocycles. The monoisotopic (exact) mass is 369 g/mol. The molecule has 1 amide bonds. The number of amides is 1. The summed E-state index contributed by atoms with van der Waals surface area (Å²) < 4.78 is 13.7. The molecule has 1 aromatic heterocycles. The van der Waals surface area contributed by atoms with Crippen molar-refractivity contribution in [2.45, 2.75) is 51.2 Å². The lowest BCUT2D eigenvalue weighted by Gasteiger charge is -2.29. The second-order valence-corrected chi connectivity index (χ2v) is 8.49. The van der Waals surface area contributed by atoms with Crippen LogP contribution in [-0.2, 0) is 5.54 Å². The summed E-state index contributed by atoms with van der Waals surface area (Å²) in [5.74, 6) is 1.93. The average molecular weight is 369 g/mol. The van der Waals surface area contributed by atoms with Crippen LogP contribution in [0, 0.1) is 0 Å².